The smallest absolute Gasteiger partial charge is 0.361 e. The zero-order chi connectivity index (χ0) is 19.4. The molecule has 2 aromatic rings. The summed E-state index contributed by atoms with van der Waals surface area (Å²) in [5.41, 5.74) is 5.98. The van der Waals surface area contributed by atoms with E-state index in [0.717, 1.165) is 31.5 Å². The molecule has 0 aliphatic carbocycles. The number of hydrogen-bond acceptors (Lipinski definition) is 5. The molecule has 1 aromatic heterocycles. The lowest BCUT2D eigenvalue weighted by molar-refractivity contribution is 0.0520. The highest BCUT2D eigenvalue weighted by atomic mass is 16.5. The van der Waals surface area contributed by atoms with Gasteiger partial charge >= 0.3 is 5.97 Å². The Morgan fingerprint density at radius 2 is 1.70 bits per heavy atom. The van der Waals surface area contributed by atoms with Crippen LogP contribution >= 0.6 is 0 Å². The van der Waals surface area contributed by atoms with Crippen LogP contribution in [0.1, 0.15) is 69.1 Å². The second-order valence-electron chi connectivity index (χ2n) is 8.92. The van der Waals surface area contributed by atoms with E-state index in [1.165, 1.54) is 16.8 Å². The minimum atomic E-state index is -0.437. The van der Waals surface area contributed by atoms with Gasteiger partial charge in [0.2, 0.25) is 0 Å². The van der Waals surface area contributed by atoms with E-state index in [4.69, 9.17) is 4.74 Å². The summed E-state index contributed by atoms with van der Waals surface area (Å²) < 4.78 is 5.16. The first-order chi connectivity index (χ1) is 12.7. The van der Waals surface area contributed by atoms with Crippen molar-refractivity contribution in [1.29, 1.82) is 0 Å². The summed E-state index contributed by atoms with van der Waals surface area (Å²) in [4.78, 5) is 14.8. The molecule has 0 atom stereocenters. The van der Waals surface area contributed by atoms with E-state index in [1.54, 1.807) is 6.92 Å². The second kappa shape index (κ2) is 6.08. The van der Waals surface area contributed by atoms with Gasteiger partial charge in [0.15, 0.2) is 5.69 Å². The lowest BCUT2D eigenvalue weighted by atomic mass is 9.69. The van der Waals surface area contributed by atoms with Crippen molar-refractivity contribution >= 4 is 11.7 Å². The molecular weight excluding hydrogens is 340 g/mol. The number of H-pyrrole nitrogens is 1. The summed E-state index contributed by atoms with van der Waals surface area (Å²) in [5.74, 6) is -0.437. The average molecular weight is 368 g/mol. The third-order valence-electron chi connectivity index (χ3n) is 6.19. The van der Waals surface area contributed by atoms with Gasteiger partial charge < -0.3 is 9.64 Å². The summed E-state index contributed by atoms with van der Waals surface area (Å²) in [5, 5.41) is 11.0. The van der Waals surface area contributed by atoms with Gasteiger partial charge in [-0.3, -0.25) is 0 Å². The van der Waals surface area contributed by atoms with E-state index < -0.39 is 5.97 Å². The van der Waals surface area contributed by atoms with Gasteiger partial charge in [-0.2, -0.15) is 10.3 Å². The van der Waals surface area contributed by atoms with Crippen molar-refractivity contribution in [3.63, 3.8) is 0 Å². The Kier molecular flexibility index (Phi) is 4.05. The standard InChI is InChI=1S/C21H28N4O2/c1-6-27-19(26)17-16(22-24-23-17)13-11-14-18-15(12-13)21(4,5)8-10-25(18)9-7-20(14,2)3/h11-12H,6-10H2,1-5H3,(H,22,23,24). The number of hydrogen-bond donors (Lipinski definition) is 1. The number of rotatable bonds is 3. The zero-order valence-corrected chi connectivity index (χ0v) is 16.8. The van der Waals surface area contributed by atoms with Crippen molar-refractivity contribution in [2.75, 3.05) is 24.6 Å². The van der Waals surface area contributed by atoms with Crippen molar-refractivity contribution < 1.29 is 9.53 Å². The molecular formula is C21H28N4O2. The van der Waals surface area contributed by atoms with Gasteiger partial charge in [-0.15, -0.1) is 5.10 Å². The van der Waals surface area contributed by atoms with Gasteiger partial charge in [-0.05, 0) is 53.9 Å². The van der Waals surface area contributed by atoms with Crippen LogP contribution in [0.15, 0.2) is 12.1 Å². The van der Waals surface area contributed by atoms with E-state index in [-0.39, 0.29) is 16.5 Å². The first-order valence-electron chi connectivity index (χ1n) is 9.77. The van der Waals surface area contributed by atoms with E-state index >= 15 is 0 Å². The monoisotopic (exact) mass is 368 g/mol. The Balaban J connectivity index is 1.93. The van der Waals surface area contributed by atoms with Crippen LogP contribution in [0.2, 0.25) is 0 Å². The Bertz CT molecular complexity index is 856. The molecule has 0 amide bonds. The summed E-state index contributed by atoms with van der Waals surface area (Å²) in [6.45, 7) is 13.5. The summed E-state index contributed by atoms with van der Waals surface area (Å²) in [7, 11) is 0. The van der Waals surface area contributed by atoms with Crippen LogP contribution in [0.5, 0.6) is 0 Å². The maximum atomic E-state index is 12.3. The Hall–Kier alpha value is -2.37. The summed E-state index contributed by atoms with van der Waals surface area (Å²) in [6.07, 6.45) is 2.24. The maximum absolute atomic E-state index is 12.3. The number of carbonyl (C=O) groups excluding carboxylic acids is 1. The van der Waals surface area contributed by atoms with Crippen LogP contribution in [-0.4, -0.2) is 41.1 Å². The first-order valence-corrected chi connectivity index (χ1v) is 9.77. The molecule has 3 heterocycles. The van der Waals surface area contributed by atoms with E-state index in [9.17, 15) is 4.79 Å². The van der Waals surface area contributed by atoms with Crippen LogP contribution < -0.4 is 4.90 Å². The van der Waals surface area contributed by atoms with E-state index in [0.29, 0.717) is 12.3 Å². The lowest BCUT2D eigenvalue weighted by Crippen LogP contribution is -2.44. The molecule has 2 aliphatic heterocycles. The minimum Gasteiger partial charge on any atom is -0.461 e. The molecule has 4 rings (SSSR count). The number of nitrogens with one attached hydrogen (secondary N) is 1. The molecule has 1 N–H and O–H groups in total. The van der Waals surface area contributed by atoms with Gasteiger partial charge in [0, 0.05) is 24.3 Å². The number of carbonyl (C=O) groups is 1. The van der Waals surface area contributed by atoms with Crippen LogP contribution in [0, 0.1) is 0 Å². The van der Waals surface area contributed by atoms with Gasteiger partial charge in [-0.1, -0.05) is 27.7 Å². The number of nitrogens with zero attached hydrogens (tertiary/aromatic N) is 3. The van der Waals surface area contributed by atoms with Crippen LogP contribution in [0.3, 0.4) is 0 Å². The zero-order valence-electron chi connectivity index (χ0n) is 16.8. The molecule has 0 radical (unpaired) electrons. The molecule has 0 unspecified atom stereocenters. The Morgan fingerprint density at radius 3 is 2.26 bits per heavy atom. The Labute approximate surface area is 160 Å². The van der Waals surface area contributed by atoms with Crippen LogP contribution in [0.25, 0.3) is 11.3 Å². The number of aromatic amines is 1. The van der Waals surface area contributed by atoms with Crippen LogP contribution in [-0.2, 0) is 15.6 Å². The molecule has 27 heavy (non-hydrogen) atoms. The summed E-state index contributed by atoms with van der Waals surface area (Å²) in [6, 6.07) is 4.40. The molecule has 0 spiro atoms. The van der Waals surface area contributed by atoms with Crippen molar-refractivity contribution in [2.24, 2.45) is 0 Å². The molecule has 6 nitrogen and oxygen atoms in total. The lowest BCUT2D eigenvalue weighted by Gasteiger charge is -2.48. The fourth-order valence-corrected chi connectivity index (χ4v) is 4.35. The number of aromatic nitrogens is 3. The van der Waals surface area contributed by atoms with Gasteiger partial charge in [-0.25, -0.2) is 4.79 Å². The van der Waals surface area contributed by atoms with Crippen molar-refractivity contribution in [2.45, 2.75) is 58.3 Å². The third-order valence-corrected chi connectivity index (χ3v) is 6.19. The molecule has 144 valence electrons. The molecule has 2 aliphatic rings. The maximum Gasteiger partial charge on any atom is 0.361 e. The van der Waals surface area contributed by atoms with Gasteiger partial charge in [0.1, 0.15) is 5.69 Å². The highest BCUT2D eigenvalue weighted by molar-refractivity contribution is 5.94. The van der Waals surface area contributed by atoms with E-state index in [1.807, 2.05) is 0 Å². The first kappa shape index (κ1) is 18.0. The fourth-order valence-electron chi connectivity index (χ4n) is 4.35. The second-order valence-corrected chi connectivity index (χ2v) is 8.92. The number of anilines is 1. The molecule has 6 heteroatoms. The number of ether oxygens (including phenoxy) is 1. The predicted molar refractivity (Wildman–Crippen MR) is 105 cm³/mol. The molecule has 0 saturated carbocycles. The quantitative estimate of drug-likeness (QED) is 0.834. The number of benzene rings is 1. The fraction of sp³-hybridized carbons (Fsp3) is 0.571. The summed E-state index contributed by atoms with van der Waals surface area (Å²) >= 11 is 0. The number of esters is 1. The Morgan fingerprint density at radius 1 is 1.11 bits per heavy atom. The SMILES string of the molecule is CCOC(=O)c1n[nH]nc1-c1cc2c3c(c1)C(C)(C)CCN3CCC2(C)C. The largest absolute Gasteiger partial charge is 0.461 e. The predicted octanol–water partition coefficient (Wildman–Crippen LogP) is 3.82. The van der Waals surface area contributed by atoms with Gasteiger partial charge in [0.05, 0.1) is 6.61 Å². The molecule has 0 bridgehead atoms. The molecule has 1 aromatic carbocycles. The molecule has 0 fully saturated rings. The third kappa shape index (κ3) is 2.82. The highest BCUT2D eigenvalue weighted by Gasteiger charge is 2.40. The minimum absolute atomic E-state index is 0.0812. The molecule has 0 saturated heterocycles. The van der Waals surface area contributed by atoms with Crippen molar-refractivity contribution in [1.82, 2.24) is 15.4 Å². The van der Waals surface area contributed by atoms with Crippen molar-refractivity contribution in [3.05, 3.63) is 29.0 Å². The average Bonchev–Trinajstić information content (AvgIpc) is 3.10. The van der Waals surface area contributed by atoms with Crippen LogP contribution in [0.4, 0.5) is 5.69 Å². The van der Waals surface area contributed by atoms with E-state index in [2.05, 4.69) is 60.1 Å². The van der Waals surface area contributed by atoms with Gasteiger partial charge in [0.25, 0.3) is 0 Å². The normalized spacial score (nSPS) is 19.5. The highest BCUT2D eigenvalue weighted by Crippen LogP contribution is 2.50. The van der Waals surface area contributed by atoms with Crippen molar-refractivity contribution in [3.8, 4) is 11.3 Å². The topological polar surface area (TPSA) is 71.1 Å².